The van der Waals surface area contributed by atoms with Crippen molar-refractivity contribution in [2.24, 2.45) is 4.99 Å². The fourth-order valence-electron chi connectivity index (χ4n) is 4.12. The van der Waals surface area contributed by atoms with Crippen LogP contribution in [0.25, 0.3) is 10.8 Å². The van der Waals surface area contributed by atoms with Crippen molar-refractivity contribution in [2.45, 2.75) is 38.8 Å². The Bertz CT molecular complexity index is 942. The number of likely N-dealkylation sites (tertiary alicyclic amines) is 1. The van der Waals surface area contributed by atoms with Crippen molar-refractivity contribution >= 4 is 16.7 Å². The van der Waals surface area contributed by atoms with Gasteiger partial charge < -0.3 is 15.1 Å². The summed E-state index contributed by atoms with van der Waals surface area (Å²) in [5.74, 6) is 1.82. The Morgan fingerprint density at radius 3 is 2.77 bits per heavy atom. The summed E-state index contributed by atoms with van der Waals surface area (Å²) in [6.07, 6.45) is 7.43. The maximum absolute atomic E-state index is 5.77. The summed E-state index contributed by atoms with van der Waals surface area (Å²) in [5, 5.41) is 9.25. The number of guanidine groups is 1. The highest BCUT2D eigenvalue weighted by Gasteiger charge is 2.24. The number of aliphatic imine (C=N–C) groups is 1. The molecule has 1 unspecified atom stereocenters. The molecule has 0 spiro atoms. The number of furan rings is 1. The van der Waals surface area contributed by atoms with Crippen molar-refractivity contribution in [3.8, 4) is 0 Å². The van der Waals surface area contributed by atoms with Gasteiger partial charge in [0.2, 0.25) is 0 Å². The number of hydrogen-bond acceptors (Lipinski definition) is 4. The zero-order chi connectivity index (χ0) is 20.6. The topological polar surface area (TPSA) is 65.7 Å². The highest BCUT2D eigenvalue weighted by molar-refractivity contribution is 5.85. The van der Waals surface area contributed by atoms with Gasteiger partial charge in [-0.05, 0) is 56.4 Å². The molecule has 1 fully saturated rings. The average Bonchev–Trinajstić information content (AvgIpc) is 3.33. The minimum Gasteiger partial charge on any atom is -0.468 e. The maximum atomic E-state index is 5.77. The smallest absolute Gasteiger partial charge is 0.191 e. The minimum atomic E-state index is 0.208. The predicted molar refractivity (Wildman–Crippen MR) is 121 cm³/mol. The first-order valence-electron chi connectivity index (χ1n) is 11.0. The van der Waals surface area contributed by atoms with Crippen LogP contribution >= 0.6 is 0 Å². The number of pyridine rings is 1. The molecule has 0 radical (unpaired) electrons. The third-order valence-corrected chi connectivity index (χ3v) is 5.65. The molecule has 0 amide bonds. The Morgan fingerprint density at radius 1 is 1.10 bits per heavy atom. The van der Waals surface area contributed by atoms with Crippen molar-refractivity contribution in [1.29, 1.82) is 0 Å². The molecule has 158 valence electrons. The van der Waals surface area contributed by atoms with Gasteiger partial charge in [0.25, 0.3) is 0 Å². The monoisotopic (exact) mass is 405 g/mol. The van der Waals surface area contributed by atoms with E-state index in [1.165, 1.54) is 24.6 Å². The first kappa shape index (κ1) is 20.4. The molecule has 3 heterocycles. The molecule has 4 rings (SSSR count). The second kappa shape index (κ2) is 10.3. The standard InChI is InChI=1S/C24H31N5O/c1-2-25-24(27-17-21-20-10-5-4-9-19(20)12-13-26-21)28-18-22(23-11-8-16-30-23)29-14-6-3-7-15-29/h4-5,8-13,16,22H,2-3,6-7,14-15,17-18H2,1H3,(H2,25,27,28). The van der Waals surface area contributed by atoms with Gasteiger partial charge in [-0.1, -0.05) is 30.7 Å². The van der Waals surface area contributed by atoms with Gasteiger partial charge >= 0.3 is 0 Å². The second-order valence-electron chi connectivity index (χ2n) is 7.68. The molecule has 1 saturated heterocycles. The Morgan fingerprint density at radius 2 is 1.97 bits per heavy atom. The second-order valence-corrected chi connectivity index (χ2v) is 7.68. The Labute approximate surface area is 178 Å². The van der Waals surface area contributed by atoms with E-state index in [2.05, 4.69) is 51.7 Å². The fourth-order valence-corrected chi connectivity index (χ4v) is 4.12. The first-order valence-corrected chi connectivity index (χ1v) is 11.0. The largest absolute Gasteiger partial charge is 0.468 e. The van der Waals surface area contributed by atoms with Gasteiger partial charge in [0.05, 0.1) is 24.5 Å². The van der Waals surface area contributed by atoms with Gasteiger partial charge in [0.1, 0.15) is 5.76 Å². The Balaban J connectivity index is 1.47. The summed E-state index contributed by atoms with van der Waals surface area (Å²) in [6, 6.07) is 14.6. The molecule has 1 aromatic carbocycles. The van der Waals surface area contributed by atoms with Crippen LogP contribution in [0.4, 0.5) is 0 Å². The number of nitrogens with one attached hydrogen (secondary N) is 2. The average molecular weight is 406 g/mol. The highest BCUT2D eigenvalue weighted by atomic mass is 16.3. The van der Waals surface area contributed by atoms with Crippen LogP contribution in [-0.4, -0.2) is 42.0 Å². The number of benzene rings is 1. The van der Waals surface area contributed by atoms with E-state index < -0.39 is 0 Å². The molecular weight excluding hydrogens is 374 g/mol. The van der Waals surface area contributed by atoms with Gasteiger partial charge in [0, 0.05) is 24.7 Å². The lowest BCUT2D eigenvalue weighted by Gasteiger charge is -2.33. The van der Waals surface area contributed by atoms with Crippen molar-refractivity contribution in [2.75, 3.05) is 26.2 Å². The number of fused-ring (bicyclic) bond motifs is 1. The van der Waals surface area contributed by atoms with Crippen molar-refractivity contribution in [1.82, 2.24) is 20.5 Å². The van der Waals surface area contributed by atoms with Crippen LogP contribution < -0.4 is 10.6 Å². The number of hydrogen-bond donors (Lipinski definition) is 2. The lowest BCUT2D eigenvalue weighted by atomic mass is 10.1. The van der Waals surface area contributed by atoms with E-state index in [1.54, 1.807) is 6.26 Å². The van der Waals surface area contributed by atoms with Crippen molar-refractivity contribution in [3.05, 3.63) is 66.4 Å². The molecule has 0 aliphatic carbocycles. The van der Waals surface area contributed by atoms with Crippen molar-refractivity contribution < 1.29 is 4.42 Å². The van der Waals surface area contributed by atoms with E-state index in [-0.39, 0.29) is 6.04 Å². The van der Waals surface area contributed by atoms with Crippen LogP contribution in [0, 0.1) is 0 Å². The summed E-state index contributed by atoms with van der Waals surface area (Å²) >= 11 is 0. The maximum Gasteiger partial charge on any atom is 0.191 e. The van der Waals surface area contributed by atoms with E-state index in [1.807, 2.05) is 24.4 Å². The number of nitrogens with zero attached hydrogens (tertiary/aromatic N) is 3. The fraction of sp³-hybridized carbons (Fsp3) is 0.417. The molecule has 6 nitrogen and oxygen atoms in total. The van der Waals surface area contributed by atoms with Crippen LogP contribution in [0.2, 0.25) is 0 Å². The molecule has 2 aromatic heterocycles. The quantitative estimate of drug-likeness (QED) is 0.457. The number of aromatic nitrogens is 1. The number of piperidine rings is 1. The molecule has 1 aliphatic rings. The molecule has 0 bridgehead atoms. The zero-order valence-corrected chi connectivity index (χ0v) is 17.7. The van der Waals surface area contributed by atoms with E-state index >= 15 is 0 Å². The van der Waals surface area contributed by atoms with Gasteiger partial charge in [-0.15, -0.1) is 0 Å². The van der Waals surface area contributed by atoms with E-state index in [9.17, 15) is 0 Å². The molecule has 30 heavy (non-hydrogen) atoms. The normalized spacial score (nSPS) is 16.5. The van der Waals surface area contributed by atoms with E-state index in [0.717, 1.165) is 49.0 Å². The molecule has 6 heteroatoms. The predicted octanol–water partition coefficient (Wildman–Crippen LogP) is 4.11. The minimum absolute atomic E-state index is 0.208. The summed E-state index contributed by atoms with van der Waals surface area (Å²) in [5.41, 5.74) is 0.990. The van der Waals surface area contributed by atoms with Crippen LogP contribution in [0.5, 0.6) is 0 Å². The molecule has 2 N–H and O–H groups in total. The molecule has 3 aromatic rings. The zero-order valence-electron chi connectivity index (χ0n) is 17.7. The molecule has 1 atom stereocenters. The van der Waals surface area contributed by atoms with E-state index in [0.29, 0.717) is 6.54 Å². The van der Waals surface area contributed by atoms with Gasteiger partial charge in [-0.2, -0.15) is 0 Å². The first-order chi connectivity index (χ1) is 14.8. The third-order valence-electron chi connectivity index (χ3n) is 5.65. The van der Waals surface area contributed by atoms with Crippen molar-refractivity contribution in [3.63, 3.8) is 0 Å². The SMILES string of the molecule is CCNC(=NCc1nccc2ccccc12)NCC(c1ccco1)N1CCCCC1. The lowest BCUT2D eigenvalue weighted by Crippen LogP contribution is -2.44. The summed E-state index contributed by atoms with van der Waals surface area (Å²) in [7, 11) is 0. The van der Waals surface area contributed by atoms with Crippen LogP contribution in [-0.2, 0) is 6.54 Å². The van der Waals surface area contributed by atoms with E-state index in [4.69, 9.17) is 9.41 Å². The van der Waals surface area contributed by atoms with Gasteiger partial charge in [-0.3, -0.25) is 9.88 Å². The Kier molecular flexibility index (Phi) is 6.98. The Hall–Kier alpha value is -2.86. The summed E-state index contributed by atoms with van der Waals surface area (Å²) < 4.78 is 5.77. The van der Waals surface area contributed by atoms with Crippen LogP contribution in [0.3, 0.4) is 0 Å². The molecule has 0 saturated carbocycles. The van der Waals surface area contributed by atoms with Gasteiger partial charge in [-0.25, -0.2) is 4.99 Å². The highest BCUT2D eigenvalue weighted by Crippen LogP contribution is 2.24. The van der Waals surface area contributed by atoms with Crippen LogP contribution in [0.15, 0.2) is 64.3 Å². The van der Waals surface area contributed by atoms with Crippen LogP contribution in [0.1, 0.15) is 43.7 Å². The summed E-state index contributed by atoms with van der Waals surface area (Å²) in [6.45, 7) is 6.40. The van der Waals surface area contributed by atoms with Gasteiger partial charge in [0.15, 0.2) is 5.96 Å². The number of rotatable bonds is 7. The molecule has 1 aliphatic heterocycles. The molecular formula is C24H31N5O. The summed E-state index contributed by atoms with van der Waals surface area (Å²) in [4.78, 5) is 11.9. The third kappa shape index (κ3) is 5.00. The lowest BCUT2D eigenvalue weighted by molar-refractivity contribution is 0.146.